The number of fused-ring (bicyclic) bond motifs is 1. The normalized spacial score (nSPS) is 11.4. The van der Waals surface area contributed by atoms with Crippen LogP contribution in [0.25, 0.3) is 40.0 Å². The second-order valence-electron chi connectivity index (χ2n) is 7.79. The summed E-state index contributed by atoms with van der Waals surface area (Å²) in [6.07, 6.45) is 2.98. The van der Waals surface area contributed by atoms with E-state index in [1.165, 1.54) is 6.08 Å². The van der Waals surface area contributed by atoms with Crippen molar-refractivity contribution in [3.8, 4) is 22.8 Å². The monoisotopic (exact) mass is 522 g/mol. The van der Waals surface area contributed by atoms with Gasteiger partial charge in [-0.3, -0.25) is 4.79 Å². The minimum absolute atomic E-state index is 0.312. The molecular weight excluding hydrogens is 507 g/mol. The molecule has 5 aromatic rings. The summed E-state index contributed by atoms with van der Waals surface area (Å²) in [4.78, 5) is 17.1. The second kappa shape index (κ2) is 9.62. The molecule has 0 fully saturated rings. The van der Waals surface area contributed by atoms with Gasteiger partial charge < -0.3 is 14.2 Å². The van der Waals surface area contributed by atoms with Gasteiger partial charge in [0.05, 0.1) is 10.0 Å². The van der Waals surface area contributed by atoms with Gasteiger partial charge in [0.1, 0.15) is 17.0 Å². The van der Waals surface area contributed by atoms with Crippen molar-refractivity contribution in [2.24, 2.45) is 0 Å². The lowest BCUT2D eigenvalue weighted by molar-refractivity contribution is -0.111. The Bertz CT molecular complexity index is 1600. The zero-order valence-corrected chi connectivity index (χ0v) is 20.6. The Kier molecular flexibility index (Phi) is 6.39. The first-order valence-corrected chi connectivity index (χ1v) is 11.7. The molecule has 5 rings (SSSR count). The molecule has 174 valence electrons. The number of hydrogen-bond donors (Lipinski definition) is 1. The van der Waals surface area contributed by atoms with E-state index in [2.05, 4.69) is 10.3 Å². The van der Waals surface area contributed by atoms with Crippen molar-refractivity contribution in [3.63, 3.8) is 0 Å². The van der Waals surface area contributed by atoms with Gasteiger partial charge in [0, 0.05) is 27.9 Å². The second-order valence-corrected chi connectivity index (χ2v) is 9.01. The summed E-state index contributed by atoms with van der Waals surface area (Å²) in [5.41, 5.74) is 4.25. The number of amides is 1. The summed E-state index contributed by atoms with van der Waals surface area (Å²) in [5, 5.41) is 4.33. The molecule has 8 heteroatoms. The lowest BCUT2D eigenvalue weighted by Crippen LogP contribution is -2.09. The molecule has 2 aromatic heterocycles. The number of anilines is 1. The number of rotatable bonds is 5. The molecule has 0 spiro atoms. The molecular formula is C27H17Cl3N2O3. The van der Waals surface area contributed by atoms with Crippen molar-refractivity contribution in [3.05, 3.63) is 99.2 Å². The lowest BCUT2D eigenvalue weighted by Gasteiger charge is -2.08. The molecule has 3 aromatic carbocycles. The fraction of sp³-hybridized carbons (Fsp3) is 0.0370. The maximum atomic E-state index is 12.6. The van der Waals surface area contributed by atoms with Gasteiger partial charge >= 0.3 is 0 Å². The summed E-state index contributed by atoms with van der Waals surface area (Å²) >= 11 is 18.4. The Labute approximate surface area is 215 Å². The van der Waals surface area contributed by atoms with Crippen molar-refractivity contribution in [1.29, 1.82) is 0 Å². The van der Waals surface area contributed by atoms with Crippen molar-refractivity contribution in [1.82, 2.24) is 4.98 Å². The quantitative estimate of drug-likeness (QED) is 0.234. The Balaban J connectivity index is 1.33. The number of nitrogens with zero attached hydrogens (tertiary/aromatic N) is 1. The number of carbonyl (C=O) groups is 1. The smallest absolute Gasteiger partial charge is 0.248 e. The Morgan fingerprint density at radius 3 is 2.69 bits per heavy atom. The van der Waals surface area contributed by atoms with Crippen molar-refractivity contribution in [2.75, 3.05) is 5.32 Å². The molecule has 0 aliphatic heterocycles. The van der Waals surface area contributed by atoms with Crippen LogP contribution < -0.4 is 5.32 Å². The van der Waals surface area contributed by atoms with Gasteiger partial charge in [-0.25, -0.2) is 4.98 Å². The first-order valence-electron chi connectivity index (χ1n) is 10.6. The van der Waals surface area contributed by atoms with Crippen LogP contribution in [0.1, 0.15) is 11.3 Å². The van der Waals surface area contributed by atoms with E-state index in [1.54, 1.807) is 48.5 Å². The fourth-order valence-electron chi connectivity index (χ4n) is 3.53. The minimum Gasteiger partial charge on any atom is -0.457 e. The van der Waals surface area contributed by atoms with Gasteiger partial charge in [-0.1, -0.05) is 46.9 Å². The molecule has 5 nitrogen and oxygen atoms in total. The third-order valence-electron chi connectivity index (χ3n) is 5.33. The van der Waals surface area contributed by atoms with Crippen LogP contribution in [0.4, 0.5) is 5.69 Å². The SMILES string of the molecule is Cc1ccc(-c2nc3cc(Cl)ccc3o2)cc1NC(=O)C=Cc1ccc(-c2cccc(Cl)c2Cl)o1. The number of aromatic nitrogens is 1. The molecule has 0 aliphatic rings. The van der Waals surface area contributed by atoms with Crippen LogP contribution in [0.3, 0.4) is 0 Å². The van der Waals surface area contributed by atoms with Crippen LogP contribution in [0.5, 0.6) is 0 Å². The van der Waals surface area contributed by atoms with Crippen LogP contribution in [0, 0.1) is 6.92 Å². The number of furan rings is 1. The highest BCUT2D eigenvalue weighted by atomic mass is 35.5. The van der Waals surface area contributed by atoms with E-state index in [1.807, 2.05) is 31.2 Å². The Morgan fingerprint density at radius 1 is 0.971 bits per heavy atom. The third kappa shape index (κ3) is 4.98. The van der Waals surface area contributed by atoms with Crippen molar-refractivity contribution < 1.29 is 13.6 Å². The average Bonchev–Trinajstić information content (AvgIpc) is 3.48. The molecule has 0 saturated heterocycles. The summed E-state index contributed by atoms with van der Waals surface area (Å²) in [5.74, 6) is 1.19. The van der Waals surface area contributed by atoms with Crippen LogP contribution >= 0.6 is 34.8 Å². The van der Waals surface area contributed by atoms with E-state index < -0.39 is 0 Å². The van der Waals surface area contributed by atoms with Gasteiger partial charge in [0.2, 0.25) is 11.8 Å². The molecule has 0 aliphatic carbocycles. The molecule has 0 unspecified atom stereocenters. The topological polar surface area (TPSA) is 68.3 Å². The van der Waals surface area contributed by atoms with Crippen LogP contribution in [-0.2, 0) is 4.79 Å². The Morgan fingerprint density at radius 2 is 1.83 bits per heavy atom. The number of aryl methyl sites for hydroxylation is 1. The van der Waals surface area contributed by atoms with Gasteiger partial charge in [0.15, 0.2) is 5.58 Å². The van der Waals surface area contributed by atoms with Crippen LogP contribution in [-0.4, -0.2) is 10.9 Å². The molecule has 0 bridgehead atoms. The van der Waals surface area contributed by atoms with E-state index in [0.29, 0.717) is 54.8 Å². The van der Waals surface area contributed by atoms with Gasteiger partial charge in [-0.15, -0.1) is 0 Å². The predicted molar refractivity (Wildman–Crippen MR) is 141 cm³/mol. The largest absolute Gasteiger partial charge is 0.457 e. The van der Waals surface area contributed by atoms with E-state index >= 15 is 0 Å². The molecule has 35 heavy (non-hydrogen) atoms. The minimum atomic E-state index is -0.312. The standard InChI is InChI=1S/C27H17Cl3N2O3/c1-15-5-6-16(27-32-22-14-17(28)7-10-24(22)35-27)13-21(15)31-25(33)12-9-18-8-11-23(34-18)19-3-2-4-20(29)26(19)30/h2-14H,1H3,(H,31,33). The molecule has 0 saturated carbocycles. The fourth-order valence-corrected chi connectivity index (χ4v) is 4.09. The van der Waals surface area contributed by atoms with Crippen molar-refractivity contribution >= 4 is 63.6 Å². The van der Waals surface area contributed by atoms with Crippen LogP contribution in [0.15, 0.2) is 81.6 Å². The molecule has 1 amide bonds. The van der Waals surface area contributed by atoms with Crippen LogP contribution in [0.2, 0.25) is 15.1 Å². The van der Waals surface area contributed by atoms with E-state index in [4.69, 9.17) is 43.6 Å². The number of hydrogen-bond acceptors (Lipinski definition) is 4. The zero-order chi connectivity index (χ0) is 24.5. The zero-order valence-electron chi connectivity index (χ0n) is 18.3. The third-order valence-corrected chi connectivity index (χ3v) is 6.39. The maximum Gasteiger partial charge on any atom is 0.248 e. The molecule has 0 atom stereocenters. The van der Waals surface area contributed by atoms with E-state index in [0.717, 1.165) is 11.1 Å². The highest BCUT2D eigenvalue weighted by Crippen LogP contribution is 2.34. The number of oxazole rings is 1. The predicted octanol–water partition coefficient (Wildman–Crippen LogP) is 8.68. The van der Waals surface area contributed by atoms with Gasteiger partial charge in [-0.2, -0.15) is 0 Å². The Hall–Kier alpha value is -3.51. The molecule has 0 radical (unpaired) electrons. The van der Waals surface area contributed by atoms with E-state index in [9.17, 15) is 4.79 Å². The molecule has 1 N–H and O–H groups in total. The number of benzene rings is 3. The number of nitrogens with one attached hydrogen (secondary N) is 1. The first kappa shape index (κ1) is 23.2. The number of halogens is 3. The van der Waals surface area contributed by atoms with Crippen molar-refractivity contribution in [2.45, 2.75) is 6.92 Å². The molecule has 2 heterocycles. The summed E-state index contributed by atoms with van der Waals surface area (Å²) in [6.45, 7) is 1.91. The average molecular weight is 524 g/mol. The highest BCUT2D eigenvalue weighted by molar-refractivity contribution is 6.43. The summed E-state index contributed by atoms with van der Waals surface area (Å²) in [6, 6.07) is 19.7. The van der Waals surface area contributed by atoms with E-state index in [-0.39, 0.29) is 5.91 Å². The summed E-state index contributed by atoms with van der Waals surface area (Å²) in [7, 11) is 0. The maximum absolute atomic E-state index is 12.6. The highest BCUT2D eigenvalue weighted by Gasteiger charge is 2.12. The van der Waals surface area contributed by atoms with Gasteiger partial charge in [-0.05, 0) is 73.2 Å². The first-order chi connectivity index (χ1) is 16.9. The summed E-state index contributed by atoms with van der Waals surface area (Å²) < 4.78 is 11.6. The van der Waals surface area contributed by atoms with Gasteiger partial charge in [0.25, 0.3) is 0 Å². The lowest BCUT2D eigenvalue weighted by atomic mass is 10.1. The number of carbonyl (C=O) groups excluding carboxylic acids is 1.